The van der Waals surface area contributed by atoms with Crippen LogP contribution in [0.25, 0.3) is 10.8 Å². The van der Waals surface area contributed by atoms with Gasteiger partial charge in [-0.3, -0.25) is 0 Å². The lowest BCUT2D eigenvalue weighted by Gasteiger charge is -2.27. The van der Waals surface area contributed by atoms with Gasteiger partial charge in [0.25, 0.3) is 0 Å². The molecule has 1 aliphatic heterocycles. The van der Waals surface area contributed by atoms with Crippen molar-refractivity contribution < 1.29 is 13.2 Å². The van der Waals surface area contributed by atoms with Crippen LogP contribution in [-0.2, 0) is 0 Å². The lowest BCUT2D eigenvalue weighted by Crippen LogP contribution is -2.38. The predicted octanol–water partition coefficient (Wildman–Crippen LogP) is 3.43. The third-order valence-electron chi connectivity index (χ3n) is 3.95. The Bertz CT molecular complexity index is 624. The van der Waals surface area contributed by atoms with Gasteiger partial charge >= 0.3 is 6.18 Å². The van der Waals surface area contributed by atoms with Gasteiger partial charge in [0.15, 0.2) is 0 Å². The minimum Gasteiger partial charge on any atom is -0.370 e. The number of halogens is 3. The van der Waals surface area contributed by atoms with Gasteiger partial charge in [-0.15, -0.1) is 0 Å². The maximum atomic E-state index is 13.0. The number of benzene rings is 2. The van der Waals surface area contributed by atoms with Gasteiger partial charge in [-0.1, -0.05) is 30.3 Å². The van der Waals surface area contributed by atoms with Crippen molar-refractivity contribution >= 4 is 16.5 Å². The average molecular weight is 294 g/mol. The Morgan fingerprint density at radius 1 is 1.05 bits per heavy atom. The van der Waals surface area contributed by atoms with Crippen molar-refractivity contribution in [1.29, 1.82) is 0 Å². The molecule has 0 saturated carbocycles. The molecule has 5 heteroatoms. The van der Waals surface area contributed by atoms with E-state index >= 15 is 0 Å². The van der Waals surface area contributed by atoms with Crippen molar-refractivity contribution in [1.82, 2.24) is 5.32 Å². The highest BCUT2D eigenvalue weighted by Gasteiger charge is 2.41. The van der Waals surface area contributed by atoms with Crippen molar-refractivity contribution in [2.45, 2.75) is 6.18 Å². The Morgan fingerprint density at radius 2 is 1.81 bits per heavy atom. The van der Waals surface area contributed by atoms with Crippen LogP contribution in [-0.4, -0.2) is 32.4 Å². The Balaban J connectivity index is 1.89. The second-order valence-corrected chi connectivity index (χ2v) is 5.42. The summed E-state index contributed by atoms with van der Waals surface area (Å²) in [6, 6.07) is 13.7. The van der Waals surface area contributed by atoms with Crippen LogP contribution in [0.4, 0.5) is 18.9 Å². The summed E-state index contributed by atoms with van der Waals surface area (Å²) in [6.07, 6.45) is -4.16. The molecule has 3 rings (SSSR count). The first-order valence-corrected chi connectivity index (χ1v) is 7.05. The predicted molar refractivity (Wildman–Crippen MR) is 78.6 cm³/mol. The van der Waals surface area contributed by atoms with E-state index in [2.05, 4.69) is 5.32 Å². The van der Waals surface area contributed by atoms with Gasteiger partial charge in [0.1, 0.15) is 0 Å². The number of hydrogen-bond donors (Lipinski definition) is 1. The Kier molecular flexibility index (Phi) is 3.76. The number of alkyl halides is 3. The third-order valence-corrected chi connectivity index (χ3v) is 3.95. The molecule has 0 aliphatic carbocycles. The van der Waals surface area contributed by atoms with Crippen molar-refractivity contribution in [2.24, 2.45) is 5.92 Å². The molecule has 1 heterocycles. The molecule has 0 radical (unpaired) electrons. The molecule has 21 heavy (non-hydrogen) atoms. The fraction of sp³-hybridized carbons (Fsp3) is 0.375. The second kappa shape index (κ2) is 5.56. The average Bonchev–Trinajstić information content (AvgIpc) is 2.72. The Hall–Kier alpha value is -1.75. The van der Waals surface area contributed by atoms with Gasteiger partial charge in [-0.05, 0) is 22.9 Å². The van der Waals surface area contributed by atoms with Gasteiger partial charge in [0.05, 0.1) is 5.92 Å². The summed E-state index contributed by atoms with van der Waals surface area (Å²) in [5.74, 6) is -1.33. The SMILES string of the molecule is FC(F)(F)C1CNCCN(c2ccc3ccccc3c2)C1. The summed E-state index contributed by atoms with van der Waals surface area (Å²) in [7, 11) is 0. The van der Waals surface area contributed by atoms with E-state index in [4.69, 9.17) is 0 Å². The largest absolute Gasteiger partial charge is 0.394 e. The van der Waals surface area contributed by atoms with Gasteiger partial charge < -0.3 is 10.2 Å². The first-order chi connectivity index (χ1) is 10.0. The fourth-order valence-electron chi connectivity index (χ4n) is 2.74. The Morgan fingerprint density at radius 3 is 2.57 bits per heavy atom. The molecule has 2 nitrogen and oxygen atoms in total. The molecule has 0 aromatic heterocycles. The monoisotopic (exact) mass is 294 g/mol. The van der Waals surface area contributed by atoms with E-state index in [1.807, 2.05) is 47.4 Å². The summed E-state index contributed by atoms with van der Waals surface area (Å²) in [5, 5.41) is 5.03. The third kappa shape index (κ3) is 3.13. The van der Waals surface area contributed by atoms with E-state index in [-0.39, 0.29) is 13.1 Å². The van der Waals surface area contributed by atoms with Crippen LogP contribution in [0, 0.1) is 5.92 Å². The van der Waals surface area contributed by atoms with Gasteiger partial charge in [0.2, 0.25) is 0 Å². The number of hydrogen-bond acceptors (Lipinski definition) is 2. The molecular formula is C16H17F3N2. The van der Waals surface area contributed by atoms with Crippen molar-refractivity contribution in [2.75, 3.05) is 31.1 Å². The fourth-order valence-corrected chi connectivity index (χ4v) is 2.74. The topological polar surface area (TPSA) is 15.3 Å². The molecule has 1 atom stereocenters. The number of rotatable bonds is 1. The minimum atomic E-state index is -4.16. The molecule has 0 amide bonds. The highest BCUT2D eigenvalue weighted by atomic mass is 19.4. The summed E-state index contributed by atoms with van der Waals surface area (Å²) >= 11 is 0. The smallest absolute Gasteiger partial charge is 0.370 e. The van der Waals surface area contributed by atoms with Crippen LogP contribution >= 0.6 is 0 Å². The molecule has 2 aromatic carbocycles. The second-order valence-electron chi connectivity index (χ2n) is 5.42. The quantitative estimate of drug-likeness (QED) is 0.867. The molecule has 2 aromatic rings. The zero-order valence-electron chi connectivity index (χ0n) is 11.5. The zero-order valence-corrected chi connectivity index (χ0v) is 11.5. The highest BCUT2D eigenvalue weighted by Crippen LogP contribution is 2.30. The van der Waals surface area contributed by atoms with Gasteiger partial charge in [0, 0.05) is 31.9 Å². The zero-order chi connectivity index (χ0) is 14.9. The van der Waals surface area contributed by atoms with Gasteiger partial charge in [-0.2, -0.15) is 13.2 Å². The molecule has 112 valence electrons. The van der Waals surface area contributed by atoms with Gasteiger partial charge in [-0.25, -0.2) is 0 Å². The maximum absolute atomic E-state index is 13.0. The Labute approximate surface area is 121 Å². The van der Waals surface area contributed by atoms with Crippen LogP contribution in [0.15, 0.2) is 42.5 Å². The van der Waals surface area contributed by atoms with E-state index in [0.29, 0.717) is 13.1 Å². The highest BCUT2D eigenvalue weighted by molar-refractivity contribution is 5.85. The van der Waals surface area contributed by atoms with Crippen molar-refractivity contribution in [3.8, 4) is 0 Å². The minimum absolute atomic E-state index is 0.00637. The normalized spacial score (nSPS) is 20.5. The van der Waals surface area contributed by atoms with E-state index < -0.39 is 12.1 Å². The number of anilines is 1. The first kappa shape index (κ1) is 14.2. The van der Waals surface area contributed by atoms with E-state index in [0.717, 1.165) is 16.5 Å². The van der Waals surface area contributed by atoms with Crippen LogP contribution in [0.3, 0.4) is 0 Å². The maximum Gasteiger partial charge on any atom is 0.394 e. The summed E-state index contributed by atoms with van der Waals surface area (Å²) in [6.45, 7) is 1.16. The molecule has 1 N–H and O–H groups in total. The van der Waals surface area contributed by atoms with Crippen LogP contribution in [0.5, 0.6) is 0 Å². The standard InChI is InChI=1S/C16H17F3N2/c17-16(18,19)14-10-20-7-8-21(11-14)15-6-5-12-3-1-2-4-13(12)9-15/h1-6,9,14,20H,7-8,10-11H2. The summed E-state index contributed by atoms with van der Waals surface area (Å²) in [4.78, 5) is 1.82. The van der Waals surface area contributed by atoms with Crippen LogP contribution < -0.4 is 10.2 Å². The van der Waals surface area contributed by atoms with Crippen molar-refractivity contribution in [3.05, 3.63) is 42.5 Å². The van der Waals surface area contributed by atoms with Crippen LogP contribution in [0.2, 0.25) is 0 Å². The summed E-state index contributed by atoms with van der Waals surface area (Å²) < 4.78 is 39.0. The lowest BCUT2D eigenvalue weighted by molar-refractivity contribution is -0.169. The van der Waals surface area contributed by atoms with E-state index in [1.54, 1.807) is 0 Å². The first-order valence-electron chi connectivity index (χ1n) is 7.05. The molecule has 1 aliphatic rings. The molecular weight excluding hydrogens is 277 g/mol. The van der Waals surface area contributed by atoms with Crippen LogP contribution in [0.1, 0.15) is 0 Å². The molecule has 1 saturated heterocycles. The van der Waals surface area contributed by atoms with E-state index in [9.17, 15) is 13.2 Å². The van der Waals surface area contributed by atoms with E-state index in [1.165, 1.54) is 0 Å². The summed E-state index contributed by atoms with van der Waals surface area (Å²) in [5.41, 5.74) is 0.853. The number of fused-ring (bicyclic) bond motifs is 1. The lowest BCUT2D eigenvalue weighted by atomic mass is 10.1. The van der Waals surface area contributed by atoms with Crippen molar-refractivity contribution in [3.63, 3.8) is 0 Å². The molecule has 1 unspecified atom stereocenters. The molecule has 0 bridgehead atoms. The molecule has 1 fully saturated rings. The molecule has 0 spiro atoms. The number of nitrogens with one attached hydrogen (secondary N) is 1. The number of nitrogens with zero attached hydrogens (tertiary/aromatic N) is 1.